The third-order valence-corrected chi connectivity index (χ3v) is 3.85. The van der Waals surface area contributed by atoms with Crippen molar-refractivity contribution in [1.29, 1.82) is 0 Å². The zero-order valence-corrected chi connectivity index (χ0v) is 12.5. The van der Waals surface area contributed by atoms with E-state index in [1.807, 2.05) is 28.8 Å². The van der Waals surface area contributed by atoms with Gasteiger partial charge in [0.25, 0.3) is 0 Å². The molecule has 4 heterocycles. The van der Waals surface area contributed by atoms with Crippen molar-refractivity contribution < 1.29 is 4.74 Å². The number of morpholine rings is 1. The number of ether oxygens (including phenoxy) is 1. The number of hydrogen-bond acceptors (Lipinski definition) is 7. The van der Waals surface area contributed by atoms with Crippen molar-refractivity contribution >= 4 is 17.3 Å². The molecule has 0 spiro atoms. The lowest BCUT2D eigenvalue weighted by atomic mass is 10.2. The lowest BCUT2D eigenvalue weighted by molar-refractivity contribution is 0.122. The standard InChI is InChI=1S/C15H17N7O/c16-19-13-9-15(21-4-6-23-7-5-21)22-14(18-13)8-12(20-22)11-2-1-3-17-10-11/h1-3,8-10H,4-7,16H2,(H,18,19). The van der Waals surface area contributed by atoms with Gasteiger partial charge < -0.3 is 15.1 Å². The van der Waals surface area contributed by atoms with Crippen LogP contribution in [0.4, 0.5) is 11.6 Å². The molecule has 0 aromatic carbocycles. The zero-order chi connectivity index (χ0) is 15.6. The van der Waals surface area contributed by atoms with Crippen LogP contribution >= 0.6 is 0 Å². The maximum absolute atomic E-state index is 5.56. The van der Waals surface area contributed by atoms with E-state index in [4.69, 9.17) is 15.7 Å². The molecule has 1 aliphatic heterocycles. The second-order valence-electron chi connectivity index (χ2n) is 5.28. The molecule has 0 aliphatic carbocycles. The highest BCUT2D eigenvalue weighted by atomic mass is 16.5. The molecular weight excluding hydrogens is 294 g/mol. The minimum atomic E-state index is 0.608. The lowest BCUT2D eigenvalue weighted by Crippen LogP contribution is -2.37. The number of hydrazine groups is 1. The Morgan fingerprint density at radius 2 is 2.09 bits per heavy atom. The van der Waals surface area contributed by atoms with E-state index in [1.165, 1.54) is 0 Å². The average Bonchev–Trinajstić information content (AvgIpc) is 3.06. The highest BCUT2D eigenvalue weighted by molar-refractivity contribution is 5.67. The predicted octanol–water partition coefficient (Wildman–Crippen LogP) is 0.913. The van der Waals surface area contributed by atoms with E-state index >= 15 is 0 Å². The van der Waals surface area contributed by atoms with Gasteiger partial charge >= 0.3 is 0 Å². The second-order valence-corrected chi connectivity index (χ2v) is 5.28. The molecule has 0 amide bonds. The highest BCUT2D eigenvalue weighted by Crippen LogP contribution is 2.25. The zero-order valence-electron chi connectivity index (χ0n) is 12.5. The topological polar surface area (TPSA) is 93.6 Å². The Bertz CT molecular complexity index is 811. The summed E-state index contributed by atoms with van der Waals surface area (Å²) >= 11 is 0. The molecular formula is C15H17N7O. The SMILES string of the molecule is NNc1cc(N2CCOCC2)n2nc(-c3cccnc3)cc2n1. The fourth-order valence-corrected chi connectivity index (χ4v) is 2.71. The van der Waals surface area contributed by atoms with Crippen molar-refractivity contribution in [2.45, 2.75) is 0 Å². The number of fused-ring (bicyclic) bond motifs is 1. The van der Waals surface area contributed by atoms with Gasteiger partial charge in [-0.25, -0.2) is 10.8 Å². The number of rotatable bonds is 3. The van der Waals surface area contributed by atoms with Crippen LogP contribution in [0.25, 0.3) is 16.9 Å². The molecule has 4 rings (SSSR count). The van der Waals surface area contributed by atoms with Crippen LogP contribution in [0.3, 0.4) is 0 Å². The third kappa shape index (κ3) is 2.58. The van der Waals surface area contributed by atoms with Gasteiger partial charge in [-0.2, -0.15) is 9.61 Å². The van der Waals surface area contributed by atoms with Crippen molar-refractivity contribution in [1.82, 2.24) is 19.6 Å². The van der Waals surface area contributed by atoms with Crippen LogP contribution in [0.15, 0.2) is 36.7 Å². The monoisotopic (exact) mass is 311 g/mol. The molecule has 1 aliphatic rings. The molecule has 0 saturated carbocycles. The normalized spacial score (nSPS) is 15.1. The summed E-state index contributed by atoms with van der Waals surface area (Å²) in [4.78, 5) is 10.9. The fourth-order valence-electron chi connectivity index (χ4n) is 2.71. The molecule has 1 fully saturated rings. The van der Waals surface area contributed by atoms with E-state index in [2.05, 4.69) is 20.3 Å². The predicted molar refractivity (Wildman–Crippen MR) is 87.1 cm³/mol. The van der Waals surface area contributed by atoms with Gasteiger partial charge in [-0.3, -0.25) is 4.98 Å². The summed E-state index contributed by atoms with van der Waals surface area (Å²) in [5, 5.41) is 4.70. The number of nitrogens with two attached hydrogens (primary N) is 1. The van der Waals surface area contributed by atoms with Crippen LogP contribution in [0.1, 0.15) is 0 Å². The molecule has 3 aromatic rings. The van der Waals surface area contributed by atoms with Gasteiger partial charge in [0.05, 0.1) is 18.9 Å². The van der Waals surface area contributed by atoms with Gasteiger partial charge in [0.2, 0.25) is 0 Å². The van der Waals surface area contributed by atoms with Gasteiger partial charge in [0.1, 0.15) is 11.6 Å². The van der Waals surface area contributed by atoms with E-state index in [0.717, 1.165) is 35.8 Å². The summed E-state index contributed by atoms with van der Waals surface area (Å²) in [6, 6.07) is 7.70. The third-order valence-electron chi connectivity index (χ3n) is 3.85. The molecule has 1 saturated heterocycles. The Hall–Kier alpha value is -2.71. The van der Waals surface area contributed by atoms with Crippen LogP contribution in [-0.4, -0.2) is 45.9 Å². The number of nitrogens with zero attached hydrogens (tertiary/aromatic N) is 5. The maximum atomic E-state index is 5.56. The second kappa shape index (κ2) is 5.82. The van der Waals surface area contributed by atoms with E-state index in [9.17, 15) is 0 Å². The summed E-state index contributed by atoms with van der Waals surface area (Å²) in [5.74, 6) is 7.12. The Balaban J connectivity index is 1.85. The minimum absolute atomic E-state index is 0.608. The number of pyridine rings is 1. The lowest BCUT2D eigenvalue weighted by Gasteiger charge is -2.29. The van der Waals surface area contributed by atoms with Crippen LogP contribution < -0.4 is 16.2 Å². The summed E-state index contributed by atoms with van der Waals surface area (Å²) in [6.45, 7) is 3.02. The Kier molecular flexibility index (Phi) is 3.52. The van der Waals surface area contributed by atoms with Gasteiger partial charge in [0.15, 0.2) is 5.65 Å². The van der Waals surface area contributed by atoms with Crippen LogP contribution in [-0.2, 0) is 4.74 Å². The fraction of sp³-hybridized carbons (Fsp3) is 0.267. The molecule has 0 bridgehead atoms. The summed E-state index contributed by atoms with van der Waals surface area (Å²) in [5.41, 5.74) is 5.14. The summed E-state index contributed by atoms with van der Waals surface area (Å²) in [6.07, 6.45) is 3.53. The smallest absolute Gasteiger partial charge is 0.160 e. The van der Waals surface area contributed by atoms with E-state index in [0.29, 0.717) is 19.0 Å². The molecule has 8 heteroatoms. The Morgan fingerprint density at radius 3 is 2.83 bits per heavy atom. The van der Waals surface area contributed by atoms with Crippen LogP contribution in [0.5, 0.6) is 0 Å². The van der Waals surface area contributed by atoms with Crippen molar-refractivity contribution in [3.63, 3.8) is 0 Å². The number of hydrogen-bond donors (Lipinski definition) is 2. The van der Waals surface area contributed by atoms with E-state index in [1.54, 1.807) is 12.4 Å². The van der Waals surface area contributed by atoms with E-state index in [-0.39, 0.29) is 0 Å². The first kappa shape index (κ1) is 13.9. The first-order chi connectivity index (χ1) is 11.3. The number of anilines is 2. The van der Waals surface area contributed by atoms with Crippen LogP contribution in [0, 0.1) is 0 Å². The van der Waals surface area contributed by atoms with Crippen molar-refractivity contribution in [3.8, 4) is 11.3 Å². The molecule has 0 atom stereocenters. The van der Waals surface area contributed by atoms with Gasteiger partial charge in [-0.1, -0.05) is 0 Å². The quantitative estimate of drug-likeness (QED) is 0.548. The minimum Gasteiger partial charge on any atom is -0.378 e. The first-order valence-electron chi connectivity index (χ1n) is 7.46. The molecule has 3 aromatic heterocycles. The summed E-state index contributed by atoms with van der Waals surface area (Å²) in [7, 11) is 0. The average molecular weight is 311 g/mol. The molecule has 0 unspecified atom stereocenters. The largest absolute Gasteiger partial charge is 0.378 e. The molecule has 118 valence electrons. The van der Waals surface area contributed by atoms with Gasteiger partial charge in [-0.15, -0.1) is 0 Å². The number of nitrogen functional groups attached to an aromatic ring is 1. The van der Waals surface area contributed by atoms with Crippen molar-refractivity contribution in [2.24, 2.45) is 5.84 Å². The molecule has 0 radical (unpaired) electrons. The van der Waals surface area contributed by atoms with Crippen molar-refractivity contribution in [3.05, 3.63) is 36.7 Å². The van der Waals surface area contributed by atoms with Gasteiger partial charge in [0, 0.05) is 43.2 Å². The molecule has 3 N–H and O–H groups in total. The molecule has 8 nitrogen and oxygen atoms in total. The maximum Gasteiger partial charge on any atom is 0.160 e. The molecule has 23 heavy (non-hydrogen) atoms. The van der Waals surface area contributed by atoms with E-state index < -0.39 is 0 Å². The summed E-state index contributed by atoms with van der Waals surface area (Å²) < 4.78 is 7.27. The number of nitrogens with one attached hydrogen (secondary N) is 1. The Labute approximate surface area is 132 Å². The van der Waals surface area contributed by atoms with Crippen molar-refractivity contribution in [2.75, 3.05) is 36.6 Å². The highest BCUT2D eigenvalue weighted by Gasteiger charge is 2.18. The Morgan fingerprint density at radius 1 is 1.22 bits per heavy atom. The van der Waals surface area contributed by atoms with Gasteiger partial charge in [-0.05, 0) is 12.1 Å². The first-order valence-corrected chi connectivity index (χ1v) is 7.46. The van der Waals surface area contributed by atoms with Crippen LogP contribution in [0.2, 0.25) is 0 Å². The number of aromatic nitrogens is 4.